The predicted molar refractivity (Wildman–Crippen MR) is 110 cm³/mol. The lowest BCUT2D eigenvalue weighted by Gasteiger charge is -2.23. The quantitative estimate of drug-likeness (QED) is 0.596. The molecule has 6 heteroatoms. The first-order valence-electron chi connectivity index (χ1n) is 9.44. The fourth-order valence-corrected chi connectivity index (χ4v) is 2.79. The van der Waals surface area contributed by atoms with Crippen molar-refractivity contribution in [3.8, 4) is 17.2 Å². The number of ether oxygens (including phenoxy) is 2. The van der Waals surface area contributed by atoms with Gasteiger partial charge in [-0.25, -0.2) is 4.79 Å². The lowest BCUT2D eigenvalue weighted by Crippen LogP contribution is -2.22. The fraction of sp³-hybridized carbons (Fsp3) is 0.304. The second-order valence-electron chi connectivity index (χ2n) is 7.55. The minimum Gasteiger partial charge on any atom is -0.479 e. The van der Waals surface area contributed by atoms with Crippen LogP contribution in [0.1, 0.15) is 39.7 Å². The van der Waals surface area contributed by atoms with Gasteiger partial charge in [-0.15, -0.1) is 0 Å². The molecule has 1 aromatic heterocycles. The fourth-order valence-electron chi connectivity index (χ4n) is 2.79. The molecule has 6 nitrogen and oxygen atoms in total. The van der Waals surface area contributed by atoms with Crippen molar-refractivity contribution in [1.82, 2.24) is 0 Å². The average Bonchev–Trinajstić information content (AvgIpc) is 2.70. The van der Waals surface area contributed by atoms with E-state index in [1.54, 1.807) is 0 Å². The zero-order chi connectivity index (χ0) is 21.2. The van der Waals surface area contributed by atoms with Crippen LogP contribution in [0.5, 0.6) is 17.2 Å². The predicted octanol–water partition coefficient (Wildman–Crippen LogP) is 5.12. The number of benzene rings is 2. The zero-order valence-electron chi connectivity index (χ0n) is 16.9. The highest BCUT2D eigenvalue weighted by molar-refractivity contribution is 5.79. The van der Waals surface area contributed by atoms with Crippen LogP contribution in [0.4, 0.5) is 0 Å². The lowest BCUT2D eigenvalue weighted by atomic mass is 9.82. The maximum atomic E-state index is 12.7. The number of carboxylic acids is 1. The van der Waals surface area contributed by atoms with Crippen molar-refractivity contribution in [3.05, 3.63) is 64.5 Å². The molecule has 3 aromatic rings. The molecule has 1 N–H and O–H groups in total. The highest BCUT2D eigenvalue weighted by Crippen LogP contribution is 2.29. The highest BCUT2D eigenvalue weighted by atomic mass is 16.5. The number of carboxylic acid groups (broad SMARTS) is 1. The minimum atomic E-state index is -1.08. The number of carbonyl (C=O) groups is 1. The molecule has 3 rings (SSSR count). The molecule has 2 aromatic carbocycles. The summed E-state index contributed by atoms with van der Waals surface area (Å²) < 4.78 is 16.6. The van der Waals surface area contributed by atoms with Gasteiger partial charge in [0.05, 0.1) is 5.39 Å². The van der Waals surface area contributed by atoms with Crippen molar-refractivity contribution in [2.75, 3.05) is 0 Å². The number of aliphatic carboxylic acids is 1. The van der Waals surface area contributed by atoms with Gasteiger partial charge in [0.15, 0.2) is 6.10 Å². The van der Waals surface area contributed by atoms with Crippen LogP contribution in [-0.4, -0.2) is 17.2 Å². The van der Waals surface area contributed by atoms with E-state index in [1.165, 1.54) is 36.9 Å². The lowest BCUT2D eigenvalue weighted by molar-refractivity contribution is -0.144. The topological polar surface area (TPSA) is 86.0 Å². The van der Waals surface area contributed by atoms with Crippen LogP contribution in [0.3, 0.4) is 0 Å². The van der Waals surface area contributed by atoms with Crippen molar-refractivity contribution in [2.45, 2.75) is 45.6 Å². The number of hydrogen-bond acceptors (Lipinski definition) is 5. The van der Waals surface area contributed by atoms with E-state index >= 15 is 0 Å². The molecule has 0 spiro atoms. The molecule has 29 heavy (non-hydrogen) atoms. The molecular weight excluding hydrogens is 372 g/mol. The van der Waals surface area contributed by atoms with Gasteiger partial charge in [-0.05, 0) is 48.6 Å². The Hall–Kier alpha value is -3.28. The Morgan fingerprint density at radius 1 is 1.14 bits per heavy atom. The van der Waals surface area contributed by atoms with E-state index in [1.807, 2.05) is 24.3 Å². The Bertz CT molecular complexity index is 1080. The second kappa shape index (κ2) is 7.99. The standard InChI is InChI=1S/C23H24O6/c1-5-23(3,4)15-6-8-16(9-7-15)29-20-13-27-19-12-17(28-14(2)22(25)26)10-11-18(19)21(20)24/h6-14H,5H2,1-4H3,(H,25,26). The summed E-state index contributed by atoms with van der Waals surface area (Å²) in [7, 11) is 0. The van der Waals surface area contributed by atoms with Crippen LogP contribution >= 0.6 is 0 Å². The highest BCUT2D eigenvalue weighted by Gasteiger charge is 2.18. The molecule has 0 aliphatic carbocycles. The molecule has 0 amide bonds. The van der Waals surface area contributed by atoms with Gasteiger partial charge in [0, 0.05) is 6.07 Å². The van der Waals surface area contributed by atoms with Gasteiger partial charge >= 0.3 is 5.97 Å². The van der Waals surface area contributed by atoms with Crippen LogP contribution in [-0.2, 0) is 10.2 Å². The molecule has 1 heterocycles. The van der Waals surface area contributed by atoms with E-state index in [0.717, 1.165) is 6.42 Å². The smallest absolute Gasteiger partial charge is 0.344 e. The SMILES string of the molecule is CCC(C)(C)c1ccc(Oc2coc3cc(OC(C)C(=O)O)ccc3c2=O)cc1. The summed E-state index contributed by atoms with van der Waals surface area (Å²) in [4.78, 5) is 23.6. The minimum absolute atomic E-state index is 0.0679. The number of rotatable bonds is 7. The Labute approximate surface area is 168 Å². The van der Waals surface area contributed by atoms with Gasteiger partial charge in [-0.2, -0.15) is 0 Å². The first-order valence-corrected chi connectivity index (χ1v) is 9.44. The Kier molecular flexibility index (Phi) is 5.64. The summed E-state index contributed by atoms with van der Waals surface area (Å²) in [5.74, 6) is -0.155. The van der Waals surface area contributed by atoms with Gasteiger partial charge < -0.3 is 19.0 Å². The molecule has 0 radical (unpaired) electrons. The normalized spacial score (nSPS) is 12.6. The largest absolute Gasteiger partial charge is 0.479 e. The van der Waals surface area contributed by atoms with Gasteiger partial charge in [-0.1, -0.05) is 32.9 Å². The van der Waals surface area contributed by atoms with E-state index in [0.29, 0.717) is 16.9 Å². The van der Waals surface area contributed by atoms with E-state index in [2.05, 4.69) is 20.8 Å². The maximum absolute atomic E-state index is 12.7. The summed E-state index contributed by atoms with van der Waals surface area (Å²) >= 11 is 0. The van der Waals surface area contributed by atoms with Gasteiger partial charge in [0.25, 0.3) is 0 Å². The van der Waals surface area contributed by atoms with E-state index in [4.69, 9.17) is 19.0 Å². The van der Waals surface area contributed by atoms with E-state index < -0.39 is 12.1 Å². The van der Waals surface area contributed by atoms with Crippen LogP contribution in [0.25, 0.3) is 11.0 Å². The summed E-state index contributed by atoms with van der Waals surface area (Å²) in [5.41, 5.74) is 1.24. The summed E-state index contributed by atoms with van der Waals surface area (Å²) in [6.45, 7) is 7.92. The van der Waals surface area contributed by atoms with E-state index in [-0.39, 0.29) is 22.2 Å². The molecule has 0 saturated heterocycles. The molecule has 0 bridgehead atoms. The summed E-state index contributed by atoms with van der Waals surface area (Å²) in [6, 6.07) is 12.2. The summed E-state index contributed by atoms with van der Waals surface area (Å²) in [5, 5.41) is 9.26. The van der Waals surface area contributed by atoms with Gasteiger partial charge in [0.2, 0.25) is 11.2 Å². The number of hydrogen-bond donors (Lipinski definition) is 1. The monoisotopic (exact) mass is 396 g/mol. The molecule has 0 aliphatic heterocycles. The van der Waals surface area contributed by atoms with Crippen LogP contribution in [0.2, 0.25) is 0 Å². The van der Waals surface area contributed by atoms with Crippen LogP contribution in [0, 0.1) is 0 Å². The van der Waals surface area contributed by atoms with Crippen molar-refractivity contribution in [2.24, 2.45) is 0 Å². The van der Waals surface area contributed by atoms with Gasteiger partial charge in [-0.3, -0.25) is 4.79 Å². The average molecular weight is 396 g/mol. The maximum Gasteiger partial charge on any atom is 0.344 e. The Morgan fingerprint density at radius 2 is 1.79 bits per heavy atom. The Morgan fingerprint density at radius 3 is 2.41 bits per heavy atom. The first-order chi connectivity index (χ1) is 13.7. The van der Waals surface area contributed by atoms with Crippen LogP contribution in [0.15, 0.2) is 57.9 Å². The van der Waals surface area contributed by atoms with Crippen molar-refractivity contribution >= 4 is 16.9 Å². The third-order valence-corrected chi connectivity index (χ3v) is 5.12. The molecule has 0 saturated carbocycles. The van der Waals surface area contributed by atoms with Crippen molar-refractivity contribution in [3.63, 3.8) is 0 Å². The van der Waals surface area contributed by atoms with E-state index in [9.17, 15) is 9.59 Å². The van der Waals surface area contributed by atoms with Gasteiger partial charge in [0.1, 0.15) is 23.3 Å². The van der Waals surface area contributed by atoms with Crippen LogP contribution < -0.4 is 14.9 Å². The molecule has 0 aliphatic rings. The third-order valence-electron chi connectivity index (χ3n) is 5.12. The second-order valence-corrected chi connectivity index (χ2v) is 7.55. The van der Waals surface area contributed by atoms with Crippen molar-refractivity contribution < 1.29 is 23.8 Å². The van der Waals surface area contributed by atoms with Crippen molar-refractivity contribution in [1.29, 1.82) is 0 Å². The Balaban J connectivity index is 1.85. The molecule has 1 atom stereocenters. The molecular formula is C23H24O6. The zero-order valence-corrected chi connectivity index (χ0v) is 16.9. The third kappa shape index (κ3) is 4.42. The number of fused-ring (bicyclic) bond motifs is 1. The first kappa shape index (κ1) is 20.5. The molecule has 152 valence electrons. The molecule has 1 unspecified atom stereocenters. The molecule has 0 fully saturated rings. The summed E-state index contributed by atoms with van der Waals surface area (Å²) in [6.07, 6.45) is 1.25.